The molecule has 194 valence electrons. The molecule has 0 bridgehead atoms. The number of carboxylic acids is 1. The number of aryl methyl sites for hydroxylation is 1. The highest BCUT2D eigenvalue weighted by molar-refractivity contribution is 5.73. The van der Waals surface area contributed by atoms with Gasteiger partial charge in [0, 0.05) is 30.8 Å². The van der Waals surface area contributed by atoms with E-state index in [-0.39, 0.29) is 6.42 Å². The highest BCUT2D eigenvalue weighted by Gasteiger charge is 2.20. The smallest absolute Gasteiger partial charge is 0.345 e. The number of aromatic nitrogens is 1. The van der Waals surface area contributed by atoms with Crippen molar-refractivity contribution >= 4 is 12.2 Å². The molecule has 0 aliphatic carbocycles. The number of carboxylic acid groups (broad SMARTS) is 1. The summed E-state index contributed by atoms with van der Waals surface area (Å²) in [6.07, 6.45) is 3.44. The molecule has 0 amide bonds. The van der Waals surface area contributed by atoms with Gasteiger partial charge in [0.1, 0.15) is 18.1 Å². The molecule has 1 heterocycles. The van der Waals surface area contributed by atoms with Gasteiger partial charge in [0.2, 0.25) is 0 Å². The van der Waals surface area contributed by atoms with E-state index in [9.17, 15) is 9.90 Å². The van der Waals surface area contributed by atoms with Gasteiger partial charge in [-0.05, 0) is 54.4 Å². The lowest BCUT2D eigenvalue weighted by Gasteiger charge is -2.15. The molecule has 4 aromatic rings. The average Bonchev–Trinajstić information content (AvgIpc) is 2.95. The normalized spacial score (nSPS) is 11.7. The first-order valence-corrected chi connectivity index (χ1v) is 12.4. The number of benzene rings is 3. The number of rotatable bonds is 13. The SMILES string of the molecule is Cc1ccc(O[C@@H](Cc2ccc(OCCON=CCc3ccc(-c4ccccn4)cc3)cc2)C(=O)O)cc1. The summed E-state index contributed by atoms with van der Waals surface area (Å²) >= 11 is 0. The predicted octanol–water partition coefficient (Wildman–Crippen LogP) is 5.76. The summed E-state index contributed by atoms with van der Waals surface area (Å²) in [5.41, 5.74) is 5.07. The maximum atomic E-state index is 11.7. The summed E-state index contributed by atoms with van der Waals surface area (Å²) in [6, 6.07) is 28.7. The van der Waals surface area contributed by atoms with Crippen LogP contribution in [0.3, 0.4) is 0 Å². The highest BCUT2D eigenvalue weighted by atomic mass is 16.6. The van der Waals surface area contributed by atoms with E-state index in [1.807, 2.05) is 61.5 Å². The summed E-state index contributed by atoms with van der Waals surface area (Å²) in [4.78, 5) is 21.3. The van der Waals surface area contributed by atoms with Crippen LogP contribution in [0.25, 0.3) is 11.3 Å². The van der Waals surface area contributed by atoms with E-state index in [1.54, 1.807) is 36.7 Å². The van der Waals surface area contributed by atoms with Crippen molar-refractivity contribution in [2.24, 2.45) is 5.16 Å². The summed E-state index contributed by atoms with van der Waals surface area (Å²) in [7, 11) is 0. The van der Waals surface area contributed by atoms with Crippen molar-refractivity contribution < 1.29 is 24.2 Å². The third-order valence-corrected chi connectivity index (χ3v) is 5.75. The number of carbonyl (C=O) groups is 1. The zero-order chi connectivity index (χ0) is 26.6. The van der Waals surface area contributed by atoms with Crippen LogP contribution in [0.4, 0.5) is 0 Å². The van der Waals surface area contributed by atoms with Crippen LogP contribution in [-0.2, 0) is 22.5 Å². The molecule has 0 spiro atoms. The largest absolute Gasteiger partial charge is 0.490 e. The Morgan fingerprint density at radius 1 is 0.895 bits per heavy atom. The Balaban J connectivity index is 1.15. The van der Waals surface area contributed by atoms with Gasteiger partial charge in [-0.25, -0.2) is 4.79 Å². The molecule has 1 aromatic heterocycles. The third kappa shape index (κ3) is 8.20. The first-order valence-electron chi connectivity index (χ1n) is 12.4. The summed E-state index contributed by atoms with van der Waals surface area (Å²) < 4.78 is 11.4. The summed E-state index contributed by atoms with van der Waals surface area (Å²) in [6.45, 7) is 2.61. The number of ether oxygens (including phenoxy) is 2. The number of hydrogen-bond acceptors (Lipinski definition) is 6. The number of aliphatic carboxylic acids is 1. The lowest BCUT2D eigenvalue weighted by molar-refractivity contribution is -0.145. The number of pyridine rings is 1. The van der Waals surface area contributed by atoms with Crippen LogP contribution in [0.15, 0.2) is 102 Å². The Bertz CT molecular complexity index is 1310. The Morgan fingerprint density at radius 2 is 1.61 bits per heavy atom. The van der Waals surface area contributed by atoms with E-state index in [0.29, 0.717) is 31.1 Å². The van der Waals surface area contributed by atoms with E-state index in [4.69, 9.17) is 14.3 Å². The fourth-order valence-electron chi connectivity index (χ4n) is 3.69. The third-order valence-electron chi connectivity index (χ3n) is 5.75. The fraction of sp³-hybridized carbons (Fsp3) is 0.194. The summed E-state index contributed by atoms with van der Waals surface area (Å²) in [5.74, 6) is 0.190. The number of hydrogen-bond donors (Lipinski definition) is 1. The Morgan fingerprint density at radius 3 is 2.29 bits per heavy atom. The van der Waals surface area contributed by atoms with E-state index in [0.717, 1.165) is 27.9 Å². The fourth-order valence-corrected chi connectivity index (χ4v) is 3.69. The monoisotopic (exact) mass is 510 g/mol. The Labute approximate surface area is 222 Å². The zero-order valence-electron chi connectivity index (χ0n) is 21.2. The average molecular weight is 511 g/mol. The van der Waals surface area contributed by atoms with Gasteiger partial charge in [0.25, 0.3) is 0 Å². The van der Waals surface area contributed by atoms with E-state index >= 15 is 0 Å². The molecular formula is C31H30N2O5. The molecule has 0 aliphatic rings. The van der Waals surface area contributed by atoms with Gasteiger partial charge in [-0.15, -0.1) is 0 Å². The van der Waals surface area contributed by atoms with Crippen LogP contribution in [0.1, 0.15) is 16.7 Å². The first-order chi connectivity index (χ1) is 18.6. The summed E-state index contributed by atoms with van der Waals surface area (Å²) in [5, 5.41) is 13.5. The molecule has 1 atom stereocenters. The van der Waals surface area contributed by atoms with Crippen molar-refractivity contribution in [3.8, 4) is 22.8 Å². The second kappa shape index (κ2) is 13.6. The molecular weight excluding hydrogens is 480 g/mol. The molecule has 3 aromatic carbocycles. The van der Waals surface area contributed by atoms with Crippen LogP contribution in [0.2, 0.25) is 0 Å². The highest BCUT2D eigenvalue weighted by Crippen LogP contribution is 2.19. The molecule has 7 nitrogen and oxygen atoms in total. The van der Waals surface area contributed by atoms with Crippen molar-refractivity contribution in [2.75, 3.05) is 13.2 Å². The maximum absolute atomic E-state index is 11.7. The van der Waals surface area contributed by atoms with Crippen molar-refractivity contribution in [3.05, 3.63) is 114 Å². The van der Waals surface area contributed by atoms with Crippen molar-refractivity contribution in [3.63, 3.8) is 0 Å². The lowest BCUT2D eigenvalue weighted by atomic mass is 10.1. The van der Waals surface area contributed by atoms with Gasteiger partial charge >= 0.3 is 5.97 Å². The molecule has 0 saturated carbocycles. The van der Waals surface area contributed by atoms with E-state index in [1.165, 1.54) is 0 Å². The van der Waals surface area contributed by atoms with E-state index < -0.39 is 12.1 Å². The maximum Gasteiger partial charge on any atom is 0.345 e. The van der Waals surface area contributed by atoms with Crippen molar-refractivity contribution in [1.82, 2.24) is 4.98 Å². The van der Waals surface area contributed by atoms with Crippen LogP contribution in [-0.4, -0.2) is 41.6 Å². The van der Waals surface area contributed by atoms with Crippen LogP contribution < -0.4 is 9.47 Å². The van der Waals surface area contributed by atoms with Crippen molar-refractivity contribution in [2.45, 2.75) is 25.9 Å². The van der Waals surface area contributed by atoms with Crippen LogP contribution in [0, 0.1) is 6.92 Å². The van der Waals surface area contributed by atoms with Crippen molar-refractivity contribution in [1.29, 1.82) is 0 Å². The molecule has 0 saturated heterocycles. The molecule has 0 fully saturated rings. The quantitative estimate of drug-likeness (QED) is 0.140. The minimum atomic E-state index is -1.01. The van der Waals surface area contributed by atoms with Gasteiger partial charge in [-0.1, -0.05) is 65.3 Å². The number of oxime groups is 1. The van der Waals surface area contributed by atoms with Gasteiger partial charge in [0.05, 0.1) is 5.69 Å². The van der Waals surface area contributed by atoms with E-state index in [2.05, 4.69) is 22.3 Å². The Kier molecular flexibility index (Phi) is 9.45. The minimum absolute atomic E-state index is 0.243. The second-order valence-electron chi connectivity index (χ2n) is 8.69. The van der Waals surface area contributed by atoms with Crippen LogP contribution >= 0.6 is 0 Å². The van der Waals surface area contributed by atoms with Gasteiger partial charge in [-0.2, -0.15) is 0 Å². The molecule has 38 heavy (non-hydrogen) atoms. The predicted molar refractivity (Wildman–Crippen MR) is 147 cm³/mol. The Hall–Kier alpha value is -4.65. The lowest BCUT2D eigenvalue weighted by Crippen LogP contribution is -2.29. The van der Waals surface area contributed by atoms with Gasteiger partial charge in [-0.3, -0.25) is 4.98 Å². The minimum Gasteiger partial charge on any atom is -0.490 e. The first kappa shape index (κ1) is 26.4. The molecule has 4 rings (SSSR count). The second-order valence-corrected chi connectivity index (χ2v) is 8.69. The number of nitrogens with zero attached hydrogens (tertiary/aromatic N) is 2. The topological polar surface area (TPSA) is 90.2 Å². The van der Waals surface area contributed by atoms with Crippen LogP contribution in [0.5, 0.6) is 11.5 Å². The molecule has 0 unspecified atom stereocenters. The molecule has 1 N–H and O–H groups in total. The molecule has 7 heteroatoms. The standard InChI is InChI=1S/C31H30N2O5/c1-23-5-13-28(14-6-23)38-30(31(34)35)22-25-9-15-27(16-10-25)36-20-21-37-33-19-17-24-7-11-26(12-8-24)29-4-2-3-18-32-29/h2-16,18-19,30H,17,20-22H2,1H3,(H,34,35)/t30-/m0/s1. The molecule has 0 radical (unpaired) electrons. The zero-order valence-corrected chi connectivity index (χ0v) is 21.2. The molecule has 0 aliphatic heterocycles. The van der Waals surface area contributed by atoms with Gasteiger partial charge in [0.15, 0.2) is 12.7 Å². The van der Waals surface area contributed by atoms with Gasteiger partial charge < -0.3 is 19.4 Å².